The molecule has 3 N–H and O–H groups in total. The summed E-state index contributed by atoms with van der Waals surface area (Å²) in [5.41, 5.74) is 10.2. The first-order valence-electron chi connectivity index (χ1n) is 6.15. The smallest absolute Gasteiger partial charge is 0.0339 e. The molecule has 1 aliphatic heterocycles. The van der Waals surface area contributed by atoms with Gasteiger partial charge in [0.1, 0.15) is 0 Å². The summed E-state index contributed by atoms with van der Waals surface area (Å²) in [5.74, 6) is 0. The highest BCUT2D eigenvalue weighted by Crippen LogP contribution is 2.27. The summed E-state index contributed by atoms with van der Waals surface area (Å²) >= 11 is 0. The van der Waals surface area contributed by atoms with Crippen LogP contribution in [-0.4, -0.2) is 12.1 Å². The fourth-order valence-corrected chi connectivity index (χ4v) is 2.77. The maximum absolute atomic E-state index is 6.09. The molecule has 0 bridgehead atoms. The molecular weight excluding hydrogens is 196 g/mol. The van der Waals surface area contributed by atoms with Gasteiger partial charge in [-0.3, -0.25) is 0 Å². The molecule has 0 amide bonds. The highest BCUT2D eigenvalue weighted by atomic mass is 15.0. The summed E-state index contributed by atoms with van der Waals surface area (Å²) in [7, 11) is 0. The average molecular weight is 218 g/mol. The van der Waals surface area contributed by atoms with Crippen molar-refractivity contribution >= 4 is 0 Å². The van der Waals surface area contributed by atoms with Gasteiger partial charge < -0.3 is 11.1 Å². The van der Waals surface area contributed by atoms with Crippen molar-refractivity contribution in [2.24, 2.45) is 5.73 Å². The van der Waals surface area contributed by atoms with Gasteiger partial charge in [-0.1, -0.05) is 23.8 Å². The molecule has 1 aliphatic rings. The van der Waals surface area contributed by atoms with E-state index in [0.717, 1.165) is 12.8 Å². The highest BCUT2D eigenvalue weighted by Gasteiger charge is 2.25. The van der Waals surface area contributed by atoms with Crippen molar-refractivity contribution in [3.8, 4) is 0 Å². The van der Waals surface area contributed by atoms with Crippen LogP contribution >= 0.6 is 0 Å². The van der Waals surface area contributed by atoms with Crippen molar-refractivity contribution in [3.05, 3.63) is 34.9 Å². The van der Waals surface area contributed by atoms with Gasteiger partial charge in [-0.05, 0) is 44.7 Å². The van der Waals surface area contributed by atoms with Gasteiger partial charge in [-0.15, -0.1) is 0 Å². The maximum atomic E-state index is 6.09. The fourth-order valence-electron chi connectivity index (χ4n) is 2.77. The predicted octanol–water partition coefficient (Wildman–Crippen LogP) is 2.44. The lowest BCUT2D eigenvalue weighted by Crippen LogP contribution is -2.44. The first kappa shape index (κ1) is 11.6. The van der Waals surface area contributed by atoms with E-state index in [2.05, 4.69) is 44.3 Å². The molecule has 0 saturated carbocycles. The molecule has 0 spiro atoms. The van der Waals surface area contributed by atoms with Crippen LogP contribution < -0.4 is 11.1 Å². The third-order valence-corrected chi connectivity index (χ3v) is 3.48. The van der Waals surface area contributed by atoms with E-state index in [1.54, 1.807) is 0 Å². The number of piperidine rings is 1. The molecular formula is C14H22N2. The van der Waals surface area contributed by atoms with E-state index in [9.17, 15) is 0 Å². The van der Waals surface area contributed by atoms with Crippen molar-refractivity contribution in [1.29, 1.82) is 0 Å². The van der Waals surface area contributed by atoms with Crippen LogP contribution in [0.4, 0.5) is 0 Å². The molecule has 1 heterocycles. The van der Waals surface area contributed by atoms with Gasteiger partial charge >= 0.3 is 0 Å². The highest BCUT2D eigenvalue weighted by molar-refractivity contribution is 5.33. The van der Waals surface area contributed by atoms with Crippen molar-refractivity contribution in [2.45, 2.75) is 51.7 Å². The Morgan fingerprint density at radius 3 is 2.62 bits per heavy atom. The topological polar surface area (TPSA) is 38.0 Å². The summed E-state index contributed by atoms with van der Waals surface area (Å²) < 4.78 is 0. The molecule has 3 atom stereocenters. The minimum atomic E-state index is 0.335. The van der Waals surface area contributed by atoms with Crippen LogP contribution in [0.3, 0.4) is 0 Å². The van der Waals surface area contributed by atoms with E-state index in [1.807, 2.05) is 0 Å². The Kier molecular flexibility index (Phi) is 3.31. The SMILES string of the molecule is Cc1ccc([C@@H]2C[C@@H](N)C[C@H](C)N2)c(C)c1. The molecule has 2 heteroatoms. The molecule has 1 saturated heterocycles. The number of nitrogens with one attached hydrogen (secondary N) is 1. The molecule has 1 aromatic rings. The molecule has 2 rings (SSSR count). The van der Waals surface area contributed by atoms with Crippen LogP contribution in [-0.2, 0) is 0 Å². The number of hydrogen-bond acceptors (Lipinski definition) is 2. The minimum absolute atomic E-state index is 0.335. The number of hydrogen-bond donors (Lipinski definition) is 2. The van der Waals surface area contributed by atoms with Crippen LogP contribution in [0, 0.1) is 13.8 Å². The largest absolute Gasteiger partial charge is 0.328 e. The van der Waals surface area contributed by atoms with Crippen LogP contribution in [0.25, 0.3) is 0 Å². The normalized spacial score (nSPS) is 30.4. The second-order valence-electron chi connectivity index (χ2n) is 5.21. The lowest BCUT2D eigenvalue weighted by Gasteiger charge is -2.34. The molecule has 16 heavy (non-hydrogen) atoms. The monoisotopic (exact) mass is 218 g/mol. The molecule has 0 unspecified atom stereocenters. The molecule has 88 valence electrons. The average Bonchev–Trinajstić information content (AvgIpc) is 2.15. The van der Waals surface area contributed by atoms with Gasteiger partial charge in [0, 0.05) is 18.1 Å². The van der Waals surface area contributed by atoms with Crippen LogP contribution in [0.15, 0.2) is 18.2 Å². The molecule has 0 aromatic heterocycles. The summed E-state index contributed by atoms with van der Waals surface area (Å²) in [6.45, 7) is 6.55. The number of aryl methyl sites for hydroxylation is 2. The third kappa shape index (κ3) is 2.45. The maximum Gasteiger partial charge on any atom is 0.0339 e. The summed E-state index contributed by atoms with van der Waals surface area (Å²) in [4.78, 5) is 0. The number of nitrogens with two attached hydrogens (primary N) is 1. The van der Waals surface area contributed by atoms with E-state index in [0.29, 0.717) is 18.1 Å². The lowest BCUT2D eigenvalue weighted by atomic mass is 9.88. The Balaban J connectivity index is 2.23. The van der Waals surface area contributed by atoms with Gasteiger partial charge in [0.05, 0.1) is 0 Å². The standard InChI is InChI=1S/C14H22N2/c1-9-4-5-13(10(2)6-9)14-8-12(15)7-11(3)16-14/h4-6,11-12,14,16H,7-8,15H2,1-3H3/t11-,12-,14-/m0/s1. The molecule has 1 aromatic carbocycles. The first-order chi connectivity index (χ1) is 7.56. The van der Waals surface area contributed by atoms with E-state index in [4.69, 9.17) is 5.73 Å². The predicted molar refractivity (Wildman–Crippen MR) is 68.5 cm³/mol. The quantitative estimate of drug-likeness (QED) is 0.760. The second kappa shape index (κ2) is 4.56. The van der Waals surface area contributed by atoms with Crippen molar-refractivity contribution in [2.75, 3.05) is 0 Å². The second-order valence-corrected chi connectivity index (χ2v) is 5.21. The van der Waals surface area contributed by atoms with Gasteiger partial charge in [-0.2, -0.15) is 0 Å². The summed E-state index contributed by atoms with van der Waals surface area (Å²) in [5, 5.41) is 3.64. The Morgan fingerprint density at radius 1 is 1.25 bits per heavy atom. The number of rotatable bonds is 1. The van der Waals surface area contributed by atoms with Gasteiger partial charge in [0.2, 0.25) is 0 Å². The van der Waals surface area contributed by atoms with Crippen LogP contribution in [0.2, 0.25) is 0 Å². The molecule has 0 aliphatic carbocycles. The summed E-state index contributed by atoms with van der Waals surface area (Å²) in [6, 6.07) is 7.97. The summed E-state index contributed by atoms with van der Waals surface area (Å²) in [6.07, 6.45) is 2.13. The third-order valence-electron chi connectivity index (χ3n) is 3.48. The first-order valence-corrected chi connectivity index (χ1v) is 6.15. The Morgan fingerprint density at radius 2 is 2.00 bits per heavy atom. The van der Waals surface area contributed by atoms with E-state index in [-0.39, 0.29) is 0 Å². The Hall–Kier alpha value is -0.860. The lowest BCUT2D eigenvalue weighted by molar-refractivity contribution is 0.307. The van der Waals surface area contributed by atoms with Crippen LogP contribution in [0.1, 0.15) is 42.5 Å². The van der Waals surface area contributed by atoms with Crippen LogP contribution in [0.5, 0.6) is 0 Å². The van der Waals surface area contributed by atoms with Gasteiger partial charge in [-0.25, -0.2) is 0 Å². The van der Waals surface area contributed by atoms with Crippen molar-refractivity contribution < 1.29 is 0 Å². The van der Waals surface area contributed by atoms with E-state index < -0.39 is 0 Å². The van der Waals surface area contributed by atoms with Gasteiger partial charge in [0.15, 0.2) is 0 Å². The zero-order valence-electron chi connectivity index (χ0n) is 10.5. The minimum Gasteiger partial charge on any atom is -0.328 e. The Bertz CT molecular complexity index is 363. The molecule has 0 radical (unpaired) electrons. The van der Waals surface area contributed by atoms with Crippen molar-refractivity contribution in [1.82, 2.24) is 5.32 Å². The van der Waals surface area contributed by atoms with Crippen molar-refractivity contribution in [3.63, 3.8) is 0 Å². The van der Waals surface area contributed by atoms with Gasteiger partial charge in [0.25, 0.3) is 0 Å². The fraction of sp³-hybridized carbons (Fsp3) is 0.571. The molecule has 2 nitrogen and oxygen atoms in total. The zero-order chi connectivity index (χ0) is 11.7. The Labute approximate surface area is 98.2 Å². The zero-order valence-corrected chi connectivity index (χ0v) is 10.5. The van der Waals surface area contributed by atoms with E-state index >= 15 is 0 Å². The molecule has 1 fully saturated rings. The number of benzene rings is 1. The van der Waals surface area contributed by atoms with E-state index in [1.165, 1.54) is 16.7 Å².